The van der Waals surface area contributed by atoms with Crippen molar-refractivity contribution in [3.63, 3.8) is 0 Å². The number of imidazole rings is 1. The molecule has 2 aromatic heterocycles. The molecule has 0 aliphatic carbocycles. The first-order valence-corrected chi connectivity index (χ1v) is 12.8. The van der Waals surface area contributed by atoms with E-state index in [2.05, 4.69) is 51.4 Å². The van der Waals surface area contributed by atoms with E-state index >= 15 is 0 Å². The normalized spacial score (nSPS) is 22.4. The van der Waals surface area contributed by atoms with Crippen molar-refractivity contribution in [2.45, 2.75) is 37.5 Å². The molecule has 1 N–H and O–H groups in total. The maximum atomic E-state index is 12.1. The van der Waals surface area contributed by atoms with Gasteiger partial charge in [-0.25, -0.2) is 15.0 Å². The van der Waals surface area contributed by atoms with Crippen LogP contribution in [0.1, 0.15) is 65.0 Å². The fraction of sp³-hybridized carbons (Fsp3) is 0.333. The van der Waals surface area contributed by atoms with Crippen LogP contribution in [0.15, 0.2) is 48.8 Å². The Hall–Kier alpha value is -3.90. The van der Waals surface area contributed by atoms with Crippen LogP contribution in [0.3, 0.4) is 0 Å². The summed E-state index contributed by atoms with van der Waals surface area (Å²) in [6, 6.07) is 11.9. The zero-order valence-electron chi connectivity index (χ0n) is 21.7. The van der Waals surface area contributed by atoms with Gasteiger partial charge < -0.3 is 14.4 Å². The van der Waals surface area contributed by atoms with Gasteiger partial charge in [0.1, 0.15) is 17.7 Å². The van der Waals surface area contributed by atoms with Gasteiger partial charge >= 0.3 is 0 Å². The topological polar surface area (TPSA) is 93.4 Å². The third kappa shape index (κ3) is 3.91. The Bertz CT molecular complexity index is 1590. The zero-order chi connectivity index (χ0) is 26.4. The molecular formula is C30H29N5O3. The molecule has 8 heteroatoms. The van der Waals surface area contributed by atoms with Crippen molar-refractivity contribution in [2.75, 3.05) is 27.3 Å². The predicted molar refractivity (Wildman–Crippen MR) is 144 cm³/mol. The maximum absolute atomic E-state index is 12.1. The summed E-state index contributed by atoms with van der Waals surface area (Å²) in [6.45, 7) is 2.52. The second-order valence-corrected chi connectivity index (χ2v) is 10.2. The van der Waals surface area contributed by atoms with E-state index in [1.54, 1.807) is 12.4 Å². The lowest BCUT2D eigenvalue weighted by atomic mass is 9.92. The number of hydrogen-bond acceptors (Lipinski definition) is 7. The van der Waals surface area contributed by atoms with Crippen LogP contribution in [-0.2, 0) is 10.3 Å². The largest absolute Gasteiger partial charge is 0.379 e. The van der Waals surface area contributed by atoms with E-state index in [0.717, 1.165) is 51.8 Å². The number of rotatable bonds is 5. The molecule has 0 amide bonds. The van der Waals surface area contributed by atoms with Crippen molar-refractivity contribution >= 4 is 17.3 Å². The number of nitrogens with zero attached hydrogens (tertiary/aromatic N) is 5. The lowest BCUT2D eigenvalue weighted by molar-refractivity contribution is 0.0153. The van der Waals surface area contributed by atoms with Gasteiger partial charge in [0.15, 0.2) is 5.82 Å². The number of aliphatic hydroxyl groups is 1. The highest BCUT2D eigenvalue weighted by molar-refractivity contribution is 5.84. The van der Waals surface area contributed by atoms with E-state index in [1.807, 2.05) is 37.3 Å². The first kappa shape index (κ1) is 24.4. The minimum atomic E-state index is -1.13. The first-order chi connectivity index (χ1) is 18.4. The molecule has 2 aliphatic heterocycles. The summed E-state index contributed by atoms with van der Waals surface area (Å²) in [5.74, 6) is 7.57. The summed E-state index contributed by atoms with van der Waals surface area (Å²) < 4.78 is 7.61. The third-order valence-electron chi connectivity index (χ3n) is 7.66. The van der Waals surface area contributed by atoms with Crippen LogP contribution < -0.4 is 0 Å². The van der Waals surface area contributed by atoms with Gasteiger partial charge in [-0.3, -0.25) is 9.69 Å². The Labute approximate surface area is 221 Å². The Morgan fingerprint density at radius 2 is 2.00 bits per heavy atom. The van der Waals surface area contributed by atoms with Crippen LogP contribution in [0.5, 0.6) is 0 Å². The van der Waals surface area contributed by atoms with Gasteiger partial charge in [0.25, 0.3) is 0 Å². The number of fused-ring (bicyclic) bond motifs is 3. The smallest absolute Gasteiger partial charge is 0.162 e. The van der Waals surface area contributed by atoms with Crippen molar-refractivity contribution in [1.29, 1.82) is 0 Å². The number of carbonyl (C=O) groups is 1. The molecule has 192 valence electrons. The molecule has 8 nitrogen and oxygen atoms in total. The molecule has 0 spiro atoms. The quantitative estimate of drug-likeness (QED) is 0.324. The molecule has 0 radical (unpaired) electrons. The van der Waals surface area contributed by atoms with Crippen LogP contribution in [0.2, 0.25) is 0 Å². The van der Waals surface area contributed by atoms with Crippen LogP contribution in [0.25, 0.3) is 22.2 Å². The molecule has 6 rings (SSSR count). The summed E-state index contributed by atoms with van der Waals surface area (Å²) in [5, 5.41) is 10.8. The predicted octanol–water partition coefficient (Wildman–Crippen LogP) is 3.88. The van der Waals surface area contributed by atoms with Gasteiger partial charge in [-0.05, 0) is 51.2 Å². The molecule has 4 heterocycles. The van der Waals surface area contributed by atoms with Crippen LogP contribution in [-0.4, -0.2) is 63.1 Å². The lowest BCUT2D eigenvalue weighted by Gasteiger charge is -2.21. The van der Waals surface area contributed by atoms with Gasteiger partial charge in [-0.15, -0.1) is 5.92 Å². The molecule has 3 atom stereocenters. The molecule has 1 saturated heterocycles. The molecule has 1 fully saturated rings. The monoisotopic (exact) mass is 507 g/mol. The average molecular weight is 508 g/mol. The van der Waals surface area contributed by atoms with Crippen LogP contribution in [0.4, 0.5) is 0 Å². The number of ether oxygens (including phenoxy) is 1. The number of aldehydes is 1. The molecular weight excluding hydrogens is 478 g/mol. The van der Waals surface area contributed by atoms with Crippen molar-refractivity contribution < 1.29 is 14.6 Å². The van der Waals surface area contributed by atoms with Crippen LogP contribution >= 0.6 is 0 Å². The summed E-state index contributed by atoms with van der Waals surface area (Å²) in [5.41, 5.74) is 4.99. The number of aromatic nitrogens is 4. The minimum Gasteiger partial charge on any atom is -0.379 e. The molecule has 2 aromatic carbocycles. The van der Waals surface area contributed by atoms with E-state index in [-0.39, 0.29) is 18.7 Å². The van der Waals surface area contributed by atoms with Crippen molar-refractivity contribution in [3.8, 4) is 23.0 Å². The summed E-state index contributed by atoms with van der Waals surface area (Å²) in [4.78, 5) is 28.3. The highest BCUT2D eigenvalue weighted by Crippen LogP contribution is 2.45. The lowest BCUT2D eigenvalue weighted by Crippen LogP contribution is -2.28. The Balaban J connectivity index is 1.48. The second-order valence-electron chi connectivity index (χ2n) is 10.2. The van der Waals surface area contributed by atoms with Crippen molar-refractivity contribution in [1.82, 2.24) is 24.4 Å². The van der Waals surface area contributed by atoms with E-state index in [0.29, 0.717) is 24.4 Å². The van der Waals surface area contributed by atoms with Crippen LogP contribution in [0, 0.1) is 11.8 Å². The summed E-state index contributed by atoms with van der Waals surface area (Å²) in [7, 11) is 4.12. The van der Waals surface area contributed by atoms with E-state index in [9.17, 15) is 9.90 Å². The molecule has 0 saturated carbocycles. The summed E-state index contributed by atoms with van der Waals surface area (Å²) in [6.07, 6.45) is 5.69. The molecule has 2 aliphatic rings. The molecule has 4 aromatic rings. The third-order valence-corrected chi connectivity index (χ3v) is 7.66. The maximum Gasteiger partial charge on any atom is 0.162 e. The van der Waals surface area contributed by atoms with Gasteiger partial charge in [-0.2, -0.15) is 0 Å². The molecule has 3 unspecified atom stereocenters. The van der Waals surface area contributed by atoms with Gasteiger partial charge in [0, 0.05) is 41.1 Å². The standard InChI is InChI=1S/C30H29N5O3/c1-4-6-19-7-5-8-21(17-36)27(19)25-14-26(34(2)3)28-33-23-10-9-20(13-24(23)35(25)28)22-15-31-29(32-16-22)30(37)11-12-38-18-30/h5,7-10,13,15-17,25-26,37H,11-12,14,18H2,1-3H3. The van der Waals surface area contributed by atoms with E-state index < -0.39 is 5.60 Å². The van der Waals surface area contributed by atoms with Gasteiger partial charge in [0.2, 0.25) is 0 Å². The Kier molecular flexibility index (Phi) is 6.07. The summed E-state index contributed by atoms with van der Waals surface area (Å²) >= 11 is 0. The fourth-order valence-electron chi connectivity index (χ4n) is 5.71. The van der Waals surface area contributed by atoms with Gasteiger partial charge in [-0.1, -0.05) is 24.1 Å². The zero-order valence-corrected chi connectivity index (χ0v) is 21.7. The Morgan fingerprint density at radius 1 is 1.18 bits per heavy atom. The van der Waals surface area contributed by atoms with Crippen molar-refractivity contribution in [2.24, 2.45) is 0 Å². The molecule has 38 heavy (non-hydrogen) atoms. The first-order valence-electron chi connectivity index (χ1n) is 12.8. The van der Waals surface area contributed by atoms with Crippen molar-refractivity contribution in [3.05, 3.63) is 77.1 Å². The highest BCUT2D eigenvalue weighted by Gasteiger charge is 2.39. The van der Waals surface area contributed by atoms with E-state index in [1.165, 1.54) is 0 Å². The minimum absolute atomic E-state index is 0.0925. The fourth-order valence-corrected chi connectivity index (χ4v) is 5.71. The van der Waals surface area contributed by atoms with Gasteiger partial charge in [0.05, 0.1) is 36.3 Å². The van der Waals surface area contributed by atoms with E-state index in [4.69, 9.17) is 9.72 Å². The number of hydrogen-bond donors (Lipinski definition) is 1. The molecule has 0 bridgehead atoms. The second kappa shape index (κ2) is 9.44. The number of benzene rings is 2. The highest BCUT2D eigenvalue weighted by atomic mass is 16.5. The number of carbonyl (C=O) groups excluding carboxylic acids is 1. The average Bonchev–Trinajstić information content (AvgIpc) is 3.63. The Morgan fingerprint density at radius 3 is 2.68 bits per heavy atom. The SMILES string of the molecule is CC#Cc1cccc(C=O)c1C1CC(N(C)C)c2nc3ccc(-c4cnc(C5(O)CCOC5)nc4)cc3n21.